The van der Waals surface area contributed by atoms with Gasteiger partial charge in [-0.05, 0) is 47.9 Å². The Bertz CT molecular complexity index is 983. The Kier molecular flexibility index (Phi) is 4.85. The van der Waals surface area contributed by atoms with Crippen molar-refractivity contribution in [2.75, 3.05) is 0 Å². The highest BCUT2D eigenvalue weighted by atomic mass is 32.1. The molecule has 126 valence electrons. The predicted octanol–water partition coefficient (Wildman–Crippen LogP) is 1.47. The van der Waals surface area contributed by atoms with Crippen molar-refractivity contribution in [3.63, 3.8) is 0 Å². The second-order valence-electron chi connectivity index (χ2n) is 5.54. The highest BCUT2D eigenvalue weighted by molar-refractivity contribution is 7.11. The maximum atomic E-state index is 11.9. The van der Waals surface area contributed by atoms with Gasteiger partial charge in [0.05, 0.1) is 18.6 Å². The average molecular weight is 352 g/mol. The predicted molar refractivity (Wildman–Crippen MR) is 96.5 cm³/mol. The monoisotopic (exact) mass is 352 g/mol. The van der Waals surface area contributed by atoms with Crippen LogP contribution < -0.4 is 14.5 Å². The van der Waals surface area contributed by atoms with E-state index in [-0.39, 0.29) is 4.87 Å². The lowest BCUT2D eigenvalue weighted by Crippen LogP contribution is -2.33. The number of benzene rings is 1. The van der Waals surface area contributed by atoms with Crippen LogP contribution >= 0.6 is 11.3 Å². The van der Waals surface area contributed by atoms with Crippen molar-refractivity contribution < 1.29 is 9.67 Å². The summed E-state index contributed by atoms with van der Waals surface area (Å²) in [4.78, 5) is 15.0. The van der Waals surface area contributed by atoms with E-state index < -0.39 is 5.90 Å². The number of thiazole rings is 1. The lowest BCUT2D eigenvalue weighted by Gasteiger charge is -2.06. The Hall–Kier alpha value is -3.06. The van der Waals surface area contributed by atoms with Gasteiger partial charge in [-0.2, -0.15) is 15.2 Å². The fourth-order valence-electron chi connectivity index (χ4n) is 2.42. The van der Waals surface area contributed by atoms with Gasteiger partial charge >= 0.3 is 10.7 Å². The largest absolute Gasteiger partial charge is 0.857 e. The Labute approximate surface area is 148 Å². The van der Waals surface area contributed by atoms with Crippen molar-refractivity contribution in [2.45, 2.75) is 13.8 Å². The van der Waals surface area contributed by atoms with Gasteiger partial charge in [-0.25, -0.2) is 9.36 Å². The maximum absolute atomic E-state index is 11.9. The molecule has 0 saturated carbocycles. The molecule has 1 aromatic carbocycles. The van der Waals surface area contributed by atoms with Crippen molar-refractivity contribution in [3.05, 3.63) is 80.0 Å². The number of nitrogens with zero attached hydrogens (tertiary/aromatic N) is 3. The summed E-state index contributed by atoms with van der Waals surface area (Å²) in [6.07, 6.45) is 5.24. The first-order valence-electron chi connectivity index (χ1n) is 7.59. The molecule has 0 aliphatic rings. The number of H-pyrrole nitrogens is 1. The van der Waals surface area contributed by atoms with E-state index in [0.717, 1.165) is 22.5 Å². The minimum atomic E-state index is -0.430. The van der Waals surface area contributed by atoms with Crippen LogP contribution in [-0.2, 0) is 0 Å². The molecule has 0 radical (unpaired) electrons. The van der Waals surface area contributed by atoms with E-state index in [4.69, 9.17) is 0 Å². The summed E-state index contributed by atoms with van der Waals surface area (Å²) in [7, 11) is 0. The van der Waals surface area contributed by atoms with Gasteiger partial charge in [0.25, 0.3) is 0 Å². The lowest BCUT2D eigenvalue weighted by atomic mass is 10.2. The van der Waals surface area contributed by atoms with Crippen molar-refractivity contribution in [3.8, 4) is 5.82 Å². The number of rotatable bonds is 4. The van der Waals surface area contributed by atoms with Gasteiger partial charge in [0, 0.05) is 5.90 Å². The molecule has 0 fully saturated rings. The van der Waals surface area contributed by atoms with Crippen LogP contribution in [-0.4, -0.2) is 17.1 Å². The van der Waals surface area contributed by atoms with E-state index in [1.54, 1.807) is 24.3 Å². The third-order valence-electron chi connectivity index (χ3n) is 3.40. The van der Waals surface area contributed by atoms with Crippen molar-refractivity contribution in [2.24, 2.45) is 10.2 Å². The molecule has 7 heteroatoms. The second kappa shape index (κ2) is 7.23. The quantitative estimate of drug-likeness (QED) is 0.334. The zero-order chi connectivity index (χ0) is 17.8. The van der Waals surface area contributed by atoms with Crippen LogP contribution in [0.3, 0.4) is 0 Å². The summed E-state index contributed by atoms with van der Waals surface area (Å²) in [5.41, 5.74) is 2.60. The Morgan fingerprint density at radius 3 is 2.56 bits per heavy atom. The third-order valence-corrected chi connectivity index (χ3v) is 4.21. The van der Waals surface area contributed by atoms with E-state index in [1.165, 1.54) is 6.21 Å². The van der Waals surface area contributed by atoms with Crippen LogP contribution in [0, 0.1) is 13.8 Å². The van der Waals surface area contributed by atoms with Gasteiger partial charge in [0.15, 0.2) is 0 Å². The van der Waals surface area contributed by atoms with Crippen molar-refractivity contribution in [1.82, 2.24) is 4.98 Å². The standard InChI is InChI=1S/C18H16N4O2S/c1-12-8-13(2)11-22(10-12)16-15(25-18(24)20-16)9-19-21-17(23)14-6-4-3-5-7-14/h3-11H,1-2H3,(H-,19,20,21,23,24). The van der Waals surface area contributed by atoms with E-state index in [1.807, 2.05) is 42.9 Å². The van der Waals surface area contributed by atoms with E-state index in [9.17, 15) is 9.90 Å². The van der Waals surface area contributed by atoms with Gasteiger partial charge in [-0.15, -0.1) is 0 Å². The van der Waals surface area contributed by atoms with Crippen molar-refractivity contribution >= 4 is 23.4 Å². The van der Waals surface area contributed by atoms with Crippen LogP contribution in [0.1, 0.15) is 21.6 Å². The smallest absolute Gasteiger partial charge is 0.390 e. The first-order valence-corrected chi connectivity index (χ1v) is 8.41. The van der Waals surface area contributed by atoms with Crippen LogP contribution in [0.2, 0.25) is 0 Å². The first kappa shape index (κ1) is 16.8. The number of hydrogen-bond donors (Lipinski definition) is 1. The van der Waals surface area contributed by atoms with Crippen molar-refractivity contribution in [1.29, 1.82) is 0 Å². The van der Waals surface area contributed by atoms with E-state index in [0.29, 0.717) is 16.3 Å². The molecule has 6 nitrogen and oxygen atoms in total. The molecule has 0 amide bonds. The zero-order valence-electron chi connectivity index (χ0n) is 13.8. The topological polar surface area (TPSA) is 84.5 Å². The molecule has 0 saturated heterocycles. The summed E-state index contributed by atoms with van der Waals surface area (Å²) < 4.78 is 1.84. The normalized spacial score (nSPS) is 12.0. The molecule has 0 aliphatic carbocycles. The Balaban J connectivity index is 1.92. The minimum Gasteiger partial charge on any atom is -0.857 e. The molecule has 1 N–H and O–H groups in total. The fourth-order valence-corrected chi connectivity index (χ4v) is 3.12. The number of pyridine rings is 1. The molecule has 0 bridgehead atoms. The minimum absolute atomic E-state index is 0.197. The number of aromatic nitrogens is 2. The van der Waals surface area contributed by atoms with Crippen LogP contribution in [0.5, 0.6) is 0 Å². The lowest BCUT2D eigenvalue weighted by molar-refractivity contribution is -0.600. The van der Waals surface area contributed by atoms with Crippen LogP contribution in [0.25, 0.3) is 5.82 Å². The Morgan fingerprint density at radius 1 is 1.20 bits per heavy atom. The van der Waals surface area contributed by atoms with Gasteiger partial charge in [-0.1, -0.05) is 30.3 Å². The van der Waals surface area contributed by atoms with Gasteiger partial charge in [-0.3, -0.25) is 0 Å². The van der Waals surface area contributed by atoms with E-state index in [2.05, 4.69) is 15.2 Å². The third kappa shape index (κ3) is 4.07. The molecule has 25 heavy (non-hydrogen) atoms. The molecule has 0 atom stereocenters. The second-order valence-corrected chi connectivity index (χ2v) is 6.56. The highest BCUT2D eigenvalue weighted by Gasteiger charge is 2.16. The summed E-state index contributed by atoms with van der Waals surface area (Å²) in [6.45, 7) is 3.96. The Morgan fingerprint density at radius 2 is 1.88 bits per heavy atom. The molecule has 0 spiro atoms. The van der Waals surface area contributed by atoms with E-state index >= 15 is 0 Å². The average Bonchev–Trinajstić information content (AvgIpc) is 2.95. The maximum Gasteiger partial charge on any atom is 0.390 e. The number of aromatic amines is 1. The molecular weight excluding hydrogens is 336 g/mol. The molecule has 0 aliphatic heterocycles. The summed E-state index contributed by atoms with van der Waals surface area (Å²) >= 11 is 1.02. The summed E-state index contributed by atoms with van der Waals surface area (Å²) in [5, 5.41) is 19.5. The molecular formula is C18H16N4O2S. The van der Waals surface area contributed by atoms with Gasteiger partial charge < -0.3 is 5.11 Å². The highest BCUT2D eigenvalue weighted by Crippen LogP contribution is 2.08. The molecule has 3 rings (SSSR count). The molecule has 0 unspecified atom stereocenters. The number of hydrogen-bond acceptors (Lipinski definition) is 5. The fraction of sp³-hybridized carbons (Fsp3) is 0.111. The molecule has 2 heterocycles. The van der Waals surface area contributed by atoms with Gasteiger partial charge in [0.1, 0.15) is 4.88 Å². The molecule has 3 aromatic rings. The first-order chi connectivity index (χ1) is 12.0. The summed E-state index contributed by atoms with van der Waals surface area (Å²) in [5.74, 6) is 0.174. The SMILES string of the molecule is Cc1cc(C)c[n+](-c2[nH]c(=O)sc2C=NN=C([O-])c2ccccc2)c1. The zero-order valence-corrected chi connectivity index (χ0v) is 14.6. The van der Waals surface area contributed by atoms with Gasteiger partial charge in [0.2, 0.25) is 0 Å². The molecule has 2 aromatic heterocycles. The number of aryl methyl sites for hydroxylation is 2. The van der Waals surface area contributed by atoms with Crippen LogP contribution in [0.15, 0.2) is 63.8 Å². The summed E-state index contributed by atoms with van der Waals surface area (Å²) in [6, 6.07) is 10.7. The number of nitrogens with one attached hydrogen (secondary N) is 1. The van der Waals surface area contributed by atoms with Crippen LogP contribution in [0.4, 0.5) is 0 Å².